The van der Waals surface area contributed by atoms with Gasteiger partial charge in [-0.1, -0.05) is 54.6 Å². The van der Waals surface area contributed by atoms with E-state index in [0.29, 0.717) is 6.54 Å². The summed E-state index contributed by atoms with van der Waals surface area (Å²) in [6, 6.07) is 28.1. The summed E-state index contributed by atoms with van der Waals surface area (Å²) in [5.41, 5.74) is 7.72. The number of aliphatic hydroxyl groups excluding tert-OH is 1. The van der Waals surface area contributed by atoms with E-state index in [1.807, 2.05) is 36.5 Å². The van der Waals surface area contributed by atoms with E-state index in [1.54, 1.807) is 17.5 Å². The molecule has 41 heavy (non-hydrogen) atoms. The van der Waals surface area contributed by atoms with Gasteiger partial charge in [-0.3, -0.25) is 14.8 Å². The summed E-state index contributed by atoms with van der Waals surface area (Å²) in [4.78, 5) is 14.0. The third kappa shape index (κ3) is 5.51. The molecule has 2 aliphatic rings. The van der Waals surface area contributed by atoms with Crippen LogP contribution in [0.15, 0.2) is 91.3 Å². The highest BCUT2D eigenvalue weighted by molar-refractivity contribution is 7.22. The third-order valence-corrected chi connectivity index (χ3v) is 9.46. The van der Waals surface area contributed by atoms with Gasteiger partial charge in [0.15, 0.2) is 0 Å². The van der Waals surface area contributed by atoms with Gasteiger partial charge >= 0.3 is 0 Å². The average Bonchev–Trinajstić information content (AvgIpc) is 3.39. The molecule has 3 heterocycles. The van der Waals surface area contributed by atoms with E-state index in [2.05, 4.69) is 63.3 Å². The summed E-state index contributed by atoms with van der Waals surface area (Å²) in [5, 5.41) is 11.8. The molecular weight excluding hydrogens is 528 g/mol. The normalized spacial score (nSPS) is 17.1. The second-order valence-electron chi connectivity index (χ2n) is 11.0. The SMILES string of the molecule is OC(COc1cccc2nc(-c3cccnc3)sc12)CN1CCN(C2c3ccccc3CCc3ccccc32)CC1. The molecule has 0 radical (unpaired) electrons. The number of hydrogen-bond donors (Lipinski definition) is 1. The van der Waals surface area contributed by atoms with E-state index < -0.39 is 6.10 Å². The summed E-state index contributed by atoms with van der Waals surface area (Å²) in [5.74, 6) is 0.768. The van der Waals surface area contributed by atoms with Crippen molar-refractivity contribution in [1.82, 2.24) is 19.8 Å². The Labute approximate surface area is 244 Å². The Morgan fingerprint density at radius 3 is 2.29 bits per heavy atom. The van der Waals surface area contributed by atoms with Crippen molar-refractivity contribution in [3.05, 3.63) is 114 Å². The van der Waals surface area contributed by atoms with Crippen LogP contribution >= 0.6 is 11.3 Å². The van der Waals surface area contributed by atoms with Gasteiger partial charge in [-0.15, -0.1) is 11.3 Å². The van der Waals surface area contributed by atoms with Crippen LogP contribution < -0.4 is 4.74 Å². The van der Waals surface area contributed by atoms with Gasteiger partial charge in [-0.2, -0.15) is 0 Å². The number of aromatic nitrogens is 2. The van der Waals surface area contributed by atoms with Gasteiger partial charge in [-0.25, -0.2) is 4.98 Å². The molecule has 1 saturated heterocycles. The van der Waals surface area contributed by atoms with Gasteiger partial charge in [0, 0.05) is 50.7 Å². The Bertz CT molecular complexity index is 1580. The molecule has 6 nitrogen and oxygen atoms in total. The molecule has 1 aliphatic heterocycles. The molecule has 0 saturated carbocycles. The van der Waals surface area contributed by atoms with Crippen molar-refractivity contribution in [2.45, 2.75) is 25.0 Å². The van der Waals surface area contributed by atoms with Crippen LogP contribution in [-0.4, -0.2) is 70.3 Å². The maximum Gasteiger partial charge on any atom is 0.138 e. The van der Waals surface area contributed by atoms with E-state index >= 15 is 0 Å². The second kappa shape index (κ2) is 11.7. The smallest absolute Gasteiger partial charge is 0.138 e. The lowest BCUT2D eigenvalue weighted by atomic mass is 9.92. The van der Waals surface area contributed by atoms with Crippen LogP contribution in [-0.2, 0) is 12.8 Å². The van der Waals surface area contributed by atoms with Crippen LogP contribution in [0.4, 0.5) is 0 Å². The number of fused-ring (bicyclic) bond motifs is 3. The molecule has 5 aromatic rings. The zero-order valence-corrected chi connectivity index (χ0v) is 23.8. The van der Waals surface area contributed by atoms with Crippen molar-refractivity contribution < 1.29 is 9.84 Å². The molecule has 1 aliphatic carbocycles. The number of nitrogens with zero attached hydrogens (tertiary/aromatic N) is 4. The Balaban J connectivity index is 0.988. The maximum atomic E-state index is 10.9. The van der Waals surface area contributed by atoms with E-state index in [-0.39, 0.29) is 12.6 Å². The van der Waals surface area contributed by atoms with Crippen LogP contribution in [0.5, 0.6) is 5.75 Å². The molecule has 1 N–H and O–H groups in total. The molecule has 7 rings (SSSR count). The van der Waals surface area contributed by atoms with Crippen molar-refractivity contribution in [2.75, 3.05) is 39.3 Å². The number of β-amino-alcohol motifs (C(OH)–C–C–N with tert-alkyl or cyclic N) is 1. The zero-order chi connectivity index (χ0) is 27.6. The van der Waals surface area contributed by atoms with Crippen molar-refractivity contribution in [1.29, 1.82) is 0 Å². The summed E-state index contributed by atoms with van der Waals surface area (Å²) in [6.07, 6.45) is 5.21. The number of rotatable bonds is 7. The van der Waals surface area contributed by atoms with Crippen molar-refractivity contribution in [3.8, 4) is 16.3 Å². The van der Waals surface area contributed by atoms with Gasteiger partial charge in [0.05, 0.1) is 16.3 Å². The first-order valence-electron chi connectivity index (χ1n) is 14.5. The fourth-order valence-electron chi connectivity index (χ4n) is 6.28. The van der Waals surface area contributed by atoms with E-state index in [4.69, 9.17) is 9.72 Å². The fourth-order valence-corrected chi connectivity index (χ4v) is 7.30. The monoisotopic (exact) mass is 562 g/mol. The maximum absolute atomic E-state index is 10.9. The Morgan fingerprint density at radius 2 is 1.59 bits per heavy atom. The fraction of sp³-hybridized carbons (Fsp3) is 0.294. The topological polar surface area (TPSA) is 61.7 Å². The minimum absolute atomic E-state index is 0.253. The Kier molecular flexibility index (Phi) is 7.50. The van der Waals surface area contributed by atoms with Gasteiger partial charge < -0.3 is 9.84 Å². The number of ether oxygens (including phenoxy) is 1. The quantitative estimate of drug-likeness (QED) is 0.279. The summed E-state index contributed by atoms with van der Waals surface area (Å²) < 4.78 is 7.14. The minimum Gasteiger partial charge on any atom is -0.489 e. The summed E-state index contributed by atoms with van der Waals surface area (Å²) in [7, 11) is 0. The van der Waals surface area contributed by atoms with Crippen LogP contribution in [0.2, 0.25) is 0 Å². The molecule has 3 aromatic carbocycles. The van der Waals surface area contributed by atoms with E-state index in [1.165, 1.54) is 22.3 Å². The summed E-state index contributed by atoms with van der Waals surface area (Å²) in [6.45, 7) is 4.65. The highest BCUT2D eigenvalue weighted by Crippen LogP contribution is 2.38. The van der Waals surface area contributed by atoms with Crippen LogP contribution in [0.1, 0.15) is 28.3 Å². The molecule has 2 aromatic heterocycles. The predicted octanol–water partition coefficient (Wildman–Crippen LogP) is 5.60. The van der Waals surface area contributed by atoms with Gasteiger partial charge in [0.1, 0.15) is 23.5 Å². The number of aryl methyl sites for hydroxylation is 2. The number of piperazine rings is 1. The van der Waals surface area contributed by atoms with Gasteiger partial charge in [0.25, 0.3) is 0 Å². The lowest BCUT2D eigenvalue weighted by molar-refractivity contribution is 0.0404. The van der Waals surface area contributed by atoms with Crippen LogP contribution in [0, 0.1) is 0 Å². The van der Waals surface area contributed by atoms with Crippen LogP contribution in [0.25, 0.3) is 20.8 Å². The third-order valence-electron chi connectivity index (χ3n) is 8.32. The minimum atomic E-state index is -0.568. The Hall–Kier alpha value is -3.62. The standard InChI is InChI=1S/C34H34N4O2S/c39-27(23-40-31-13-5-12-30-33(31)41-34(36-30)26-9-6-16-35-21-26)22-37-17-19-38(20-18-37)32-28-10-3-1-7-24(28)14-15-25-8-2-4-11-29(25)32/h1-13,16,21,27,32,39H,14-15,17-20,22-23H2. The van der Waals surface area contributed by atoms with Crippen molar-refractivity contribution >= 4 is 21.6 Å². The number of aliphatic hydroxyl groups is 1. The van der Waals surface area contributed by atoms with Gasteiger partial charge in [-0.05, 0) is 59.4 Å². The molecule has 0 spiro atoms. The lowest BCUT2D eigenvalue weighted by Gasteiger charge is -2.40. The molecular formula is C34H34N4O2S. The van der Waals surface area contributed by atoms with E-state index in [0.717, 1.165) is 65.6 Å². The largest absolute Gasteiger partial charge is 0.489 e. The Morgan fingerprint density at radius 1 is 0.854 bits per heavy atom. The van der Waals surface area contributed by atoms with Crippen molar-refractivity contribution in [3.63, 3.8) is 0 Å². The number of pyridine rings is 1. The van der Waals surface area contributed by atoms with Crippen molar-refractivity contribution in [2.24, 2.45) is 0 Å². The molecule has 1 fully saturated rings. The second-order valence-corrected chi connectivity index (χ2v) is 12.0. The highest BCUT2D eigenvalue weighted by atomic mass is 32.1. The number of benzene rings is 3. The predicted molar refractivity (Wildman–Crippen MR) is 165 cm³/mol. The molecule has 1 unspecified atom stereocenters. The molecule has 1 atom stereocenters. The summed E-state index contributed by atoms with van der Waals surface area (Å²) >= 11 is 1.60. The highest BCUT2D eigenvalue weighted by Gasteiger charge is 2.31. The molecule has 208 valence electrons. The first-order chi connectivity index (χ1) is 20.2. The first kappa shape index (κ1) is 26.3. The lowest BCUT2D eigenvalue weighted by Crippen LogP contribution is -2.50. The number of thiazole rings is 1. The van der Waals surface area contributed by atoms with Crippen LogP contribution in [0.3, 0.4) is 0 Å². The van der Waals surface area contributed by atoms with E-state index in [9.17, 15) is 5.11 Å². The first-order valence-corrected chi connectivity index (χ1v) is 15.3. The average molecular weight is 563 g/mol. The molecule has 0 amide bonds. The zero-order valence-electron chi connectivity index (χ0n) is 23.0. The number of hydrogen-bond acceptors (Lipinski definition) is 7. The molecule has 0 bridgehead atoms. The molecule has 7 heteroatoms. The van der Waals surface area contributed by atoms with Gasteiger partial charge in [0.2, 0.25) is 0 Å².